The third-order valence-electron chi connectivity index (χ3n) is 2.70. The lowest BCUT2D eigenvalue weighted by molar-refractivity contribution is -0.389. The van der Waals surface area contributed by atoms with Crippen LogP contribution in [-0.4, -0.2) is 32.2 Å². The van der Waals surface area contributed by atoms with Crippen molar-refractivity contribution in [2.45, 2.75) is 12.6 Å². The van der Waals surface area contributed by atoms with Gasteiger partial charge in [0.25, 0.3) is 0 Å². The third-order valence-corrected chi connectivity index (χ3v) is 3.19. The van der Waals surface area contributed by atoms with Gasteiger partial charge in [0.05, 0.1) is 6.54 Å². The van der Waals surface area contributed by atoms with Crippen LogP contribution < -0.4 is 9.47 Å². The molecule has 0 aliphatic carbocycles. The first kappa shape index (κ1) is 12.9. The topological polar surface area (TPSA) is 92.3 Å². The maximum absolute atomic E-state index is 10.7. The Morgan fingerprint density at radius 3 is 3.20 bits per heavy atom. The van der Waals surface area contributed by atoms with E-state index in [0.29, 0.717) is 12.4 Å². The lowest BCUT2D eigenvalue weighted by Crippen LogP contribution is -2.34. The molecule has 3 heterocycles. The van der Waals surface area contributed by atoms with E-state index in [-0.39, 0.29) is 24.5 Å². The van der Waals surface area contributed by atoms with Crippen molar-refractivity contribution in [2.75, 3.05) is 6.61 Å². The molecular weight excluding hydrogens is 332 g/mol. The van der Waals surface area contributed by atoms with Gasteiger partial charge in [0.15, 0.2) is 6.10 Å². The smallest absolute Gasteiger partial charge is 0.414 e. The number of ether oxygens (including phenoxy) is 2. The number of hydrogen-bond donors (Lipinski definition) is 0. The minimum absolute atomic E-state index is 0.235. The zero-order valence-electron chi connectivity index (χ0n) is 10.1. The number of rotatable bonds is 3. The molecule has 0 aromatic carbocycles. The van der Waals surface area contributed by atoms with Gasteiger partial charge in [-0.25, -0.2) is 4.98 Å². The van der Waals surface area contributed by atoms with E-state index in [2.05, 4.69) is 25.9 Å². The molecule has 0 saturated heterocycles. The minimum Gasteiger partial charge on any atom is -0.469 e. The molecule has 20 heavy (non-hydrogen) atoms. The predicted molar refractivity (Wildman–Crippen MR) is 70.7 cm³/mol. The standard InChI is InChI=1S/C11H9BrN4O4/c12-7-1-2-13-10(3-7)20-8-4-15-5-9(16(17)18)14-11(15)19-6-8/h1-3,5,8H,4,6H2. The lowest BCUT2D eigenvalue weighted by Gasteiger charge is -2.22. The van der Waals surface area contributed by atoms with Crippen molar-refractivity contribution in [2.24, 2.45) is 0 Å². The number of halogens is 1. The molecule has 1 unspecified atom stereocenters. The van der Waals surface area contributed by atoms with E-state index in [4.69, 9.17) is 9.47 Å². The van der Waals surface area contributed by atoms with Crippen molar-refractivity contribution in [3.05, 3.63) is 39.1 Å². The first-order valence-electron chi connectivity index (χ1n) is 5.74. The van der Waals surface area contributed by atoms with E-state index < -0.39 is 4.92 Å². The summed E-state index contributed by atoms with van der Waals surface area (Å²) >= 11 is 3.33. The highest BCUT2D eigenvalue weighted by molar-refractivity contribution is 9.10. The molecule has 0 spiro atoms. The number of aromatic nitrogens is 3. The van der Waals surface area contributed by atoms with Crippen molar-refractivity contribution in [3.8, 4) is 11.9 Å². The van der Waals surface area contributed by atoms with Crippen molar-refractivity contribution < 1.29 is 14.4 Å². The van der Waals surface area contributed by atoms with Gasteiger partial charge in [-0.3, -0.25) is 4.57 Å². The van der Waals surface area contributed by atoms with Gasteiger partial charge in [-0.15, -0.1) is 0 Å². The first-order chi connectivity index (χ1) is 9.61. The Bertz CT molecular complexity index is 660. The molecule has 104 valence electrons. The molecule has 0 N–H and O–H groups in total. The molecule has 0 bridgehead atoms. The quantitative estimate of drug-likeness (QED) is 0.624. The molecule has 8 nitrogen and oxygen atoms in total. The van der Waals surface area contributed by atoms with Crippen molar-refractivity contribution in [1.29, 1.82) is 0 Å². The molecule has 2 aromatic heterocycles. The Hall–Kier alpha value is -2.16. The molecular formula is C11H9BrN4O4. The van der Waals surface area contributed by atoms with Crippen molar-refractivity contribution in [3.63, 3.8) is 0 Å². The zero-order chi connectivity index (χ0) is 14.1. The Labute approximate surface area is 121 Å². The molecule has 2 aromatic rings. The van der Waals surface area contributed by atoms with Gasteiger partial charge in [0.2, 0.25) is 5.88 Å². The fourth-order valence-corrected chi connectivity index (χ4v) is 2.17. The summed E-state index contributed by atoms with van der Waals surface area (Å²) < 4.78 is 13.4. The van der Waals surface area contributed by atoms with Crippen LogP contribution in [-0.2, 0) is 6.54 Å². The van der Waals surface area contributed by atoms with Crippen molar-refractivity contribution >= 4 is 21.7 Å². The molecule has 0 amide bonds. The zero-order valence-corrected chi connectivity index (χ0v) is 11.7. The van der Waals surface area contributed by atoms with Crippen molar-refractivity contribution in [1.82, 2.24) is 14.5 Å². The average molecular weight is 341 g/mol. The minimum atomic E-state index is -0.555. The van der Waals surface area contributed by atoms with Gasteiger partial charge in [0, 0.05) is 21.7 Å². The van der Waals surface area contributed by atoms with Crippen LogP contribution in [0, 0.1) is 10.1 Å². The number of nitro groups is 1. The maximum atomic E-state index is 10.7. The summed E-state index contributed by atoms with van der Waals surface area (Å²) in [7, 11) is 0. The van der Waals surface area contributed by atoms with E-state index in [0.717, 1.165) is 4.47 Å². The monoisotopic (exact) mass is 340 g/mol. The Kier molecular flexibility index (Phi) is 3.26. The summed E-state index contributed by atoms with van der Waals surface area (Å²) in [6, 6.07) is 3.77. The highest BCUT2D eigenvalue weighted by Gasteiger charge is 2.28. The molecule has 1 aliphatic rings. The highest BCUT2D eigenvalue weighted by Crippen LogP contribution is 2.23. The van der Waals surface area contributed by atoms with Gasteiger partial charge in [0.1, 0.15) is 12.8 Å². The summed E-state index contributed by atoms with van der Waals surface area (Å²) in [5.41, 5.74) is 0. The highest BCUT2D eigenvalue weighted by atomic mass is 79.9. The lowest BCUT2D eigenvalue weighted by atomic mass is 10.3. The fourth-order valence-electron chi connectivity index (χ4n) is 1.85. The van der Waals surface area contributed by atoms with E-state index in [1.165, 1.54) is 6.20 Å². The second-order valence-corrected chi connectivity index (χ2v) is 5.07. The van der Waals surface area contributed by atoms with Gasteiger partial charge < -0.3 is 19.6 Å². The largest absolute Gasteiger partial charge is 0.469 e. The second-order valence-electron chi connectivity index (χ2n) is 4.15. The van der Waals surface area contributed by atoms with Crippen LogP contribution in [0.25, 0.3) is 0 Å². The number of nitrogens with zero attached hydrogens (tertiary/aromatic N) is 4. The summed E-state index contributed by atoms with van der Waals surface area (Å²) in [5, 5.41) is 10.7. The molecule has 3 rings (SSSR count). The summed E-state index contributed by atoms with van der Waals surface area (Å²) in [5.74, 6) is 0.229. The molecule has 9 heteroatoms. The predicted octanol–water partition coefficient (Wildman–Crippen LogP) is 1.79. The second kappa shape index (κ2) is 5.08. The van der Waals surface area contributed by atoms with Gasteiger partial charge >= 0.3 is 11.8 Å². The van der Waals surface area contributed by atoms with Crippen LogP contribution in [0.15, 0.2) is 29.0 Å². The van der Waals surface area contributed by atoms with Crippen LogP contribution in [0.5, 0.6) is 11.9 Å². The van der Waals surface area contributed by atoms with Gasteiger partial charge in [-0.1, -0.05) is 15.9 Å². The number of hydrogen-bond acceptors (Lipinski definition) is 6. The summed E-state index contributed by atoms with van der Waals surface area (Å²) in [6.07, 6.45) is 2.67. The Morgan fingerprint density at radius 2 is 2.45 bits per heavy atom. The number of imidazole rings is 1. The van der Waals surface area contributed by atoms with E-state index in [1.54, 1.807) is 22.9 Å². The van der Waals surface area contributed by atoms with Crippen LogP contribution >= 0.6 is 15.9 Å². The molecule has 0 fully saturated rings. The van der Waals surface area contributed by atoms with E-state index in [1.807, 2.05) is 0 Å². The maximum Gasteiger partial charge on any atom is 0.414 e. The van der Waals surface area contributed by atoms with Gasteiger partial charge in [-0.2, -0.15) is 0 Å². The Balaban J connectivity index is 1.73. The molecule has 0 radical (unpaired) electrons. The SMILES string of the molecule is O=[N+]([O-])c1cn2c(n1)OCC(Oc1cc(Br)ccn1)C2. The summed E-state index contributed by atoms with van der Waals surface area (Å²) in [6.45, 7) is 0.687. The number of fused-ring (bicyclic) bond motifs is 1. The van der Waals surface area contributed by atoms with Crippen LogP contribution in [0.3, 0.4) is 0 Å². The fraction of sp³-hybridized carbons (Fsp3) is 0.273. The molecule has 0 saturated carbocycles. The van der Waals surface area contributed by atoms with Crippen LogP contribution in [0.4, 0.5) is 5.82 Å². The van der Waals surface area contributed by atoms with Crippen LogP contribution in [0.2, 0.25) is 0 Å². The molecule has 1 atom stereocenters. The molecule has 1 aliphatic heterocycles. The normalized spacial score (nSPS) is 17.1. The average Bonchev–Trinajstić information content (AvgIpc) is 2.82. The van der Waals surface area contributed by atoms with Crippen LogP contribution in [0.1, 0.15) is 0 Å². The van der Waals surface area contributed by atoms with Gasteiger partial charge in [-0.05, 0) is 11.0 Å². The summed E-state index contributed by atoms with van der Waals surface area (Å²) in [4.78, 5) is 18.0. The third kappa shape index (κ3) is 2.57. The Morgan fingerprint density at radius 1 is 1.60 bits per heavy atom. The van der Waals surface area contributed by atoms with E-state index >= 15 is 0 Å². The first-order valence-corrected chi connectivity index (χ1v) is 6.53. The number of pyridine rings is 1. The van der Waals surface area contributed by atoms with E-state index in [9.17, 15) is 10.1 Å².